The zero-order valence-electron chi connectivity index (χ0n) is 13.7. The first kappa shape index (κ1) is 15.4. The van der Waals surface area contributed by atoms with Crippen molar-refractivity contribution in [1.29, 1.82) is 0 Å². The summed E-state index contributed by atoms with van der Waals surface area (Å²) in [5.74, 6) is -0.196. The molecule has 0 radical (unpaired) electrons. The lowest BCUT2D eigenvalue weighted by atomic mass is 9.70. The molecule has 0 aromatic heterocycles. The van der Waals surface area contributed by atoms with Gasteiger partial charge in [-0.25, -0.2) is 0 Å². The Hall–Kier alpha value is -2.13. The highest BCUT2D eigenvalue weighted by atomic mass is 16.4. The number of rotatable bonds is 4. The summed E-state index contributed by atoms with van der Waals surface area (Å²) in [5.41, 5.74) is 2.65. The summed E-state index contributed by atoms with van der Waals surface area (Å²) in [6, 6.07) is 21.7. The number of hydrogen-bond donors (Lipinski definition) is 1. The molecule has 3 aliphatic rings. The summed E-state index contributed by atoms with van der Waals surface area (Å²) in [4.78, 5) is 14.0. The van der Waals surface area contributed by atoms with Gasteiger partial charge in [0.1, 0.15) is 0 Å². The van der Waals surface area contributed by atoms with Gasteiger partial charge >= 0.3 is 5.97 Å². The molecule has 0 amide bonds. The maximum absolute atomic E-state index is 11.5. The van der Waals surface area contributed by atoms with E-state index in [1.807, 2.05) is 0 Å². The lowest BCUT2D eigenvalue weighted by molar-refractivity contribution is -0.150. The molecule has 24 heavy (non-hydrogen) atoms. The van der Waals surface area contributed by atoms with Crippen molar-refractivity contribution in [2.75, 3.05) is 13.1 Å². The van der Waals surface area contributed by atoms with Crippen molar-refractivity contribution in [3.8, 4) is 0 Å². The molecule has 4 unspecified atom stereocenters. The van der Waals surface area contributed by atoms with E-state index in [4.69, 9.17) is 0 Å². The third-order valence-corrected chi connectivity index (χ3v) is 5.82. The van der Waals surface area contributed by atoms with Gasteiger partial charge in [0, 0.05) is 18.5 Å². The van der Waals surface area contributed by atoms with E-state index in [0.29, 0.717) is 24.4 Å². The van der Waals surface area contributed by atoms with Crippen LogP contribution in [0.1, 0.15) is 29.9 Å². The number of hydrogen-bond acceptors (Lipinski definition) is 2. The van der Waals surface area contributed by atoms with Gasteiger partial charge in [0.05, 0.1) is 5.92 Å². The van der Waals surface area contributed by atoms with E-state index in [1.54, 1.807) is 0 Å². The molecule has 0 aliphatic carbocycles. The minimum Gasteiger partial charge on any atom is -0.481 e. The Morgan fingerprint density at radius 3 is 2.04 bits per heavy atom. The fourth-order valence-electron chi connectivity index (χ4n) is 4.65. The number of carboxylic acids is 1. The predicted octanol–water partition coefficient (Wildman–Crippen LogP) is 3.61. The molecule has 4 atom stereocenters. The average Bonchev–Trinajstić information content (AvgIpc) is 2.64. The Kier molecular flexibility index (Phi) is 4.11. The molecule has 3 heteroatoms. The van der Waals surface area contributed by atoms with E-state index in [1.165, 1.54) is 11.1 Å². The molecule has 3 aliphatic heterocycles. The summed E-state index contributed by atoms with van der Waals surface area (Å²) in [6.07, 6.45) is 2.00. The van der Waals surface area contributed by atoms with Crippen molar-refractivity contribution in [2.45, 2.75) is 24.8 Å². The molecule has 3 fully saturated rings. The number of benzene rings is 2. The van der Waals surface area contributed by atoms with Crippen molar-refractivity contribution >= 4 is 5.97 Å². The van der Waals surface area contributed by atoms with Crippen LogP contribution in [0, 0.1) is 11.8 Å². The Labute approximate surface area is 142 Å². The van der Waals surface area contributed by atoms with Gasteiger partial charge in [-0.2, -0.15) is 0 Å². The van der Waals surface area contributed by atoms with Gasteiger partial charge in [0.25, 0.3) is 0 Å². The second kappa shape index (κ2) is 6.40. The topological polar surface area (TPSA) is 40.5 Å². The molecular weight excluding hydrogens is 298 g/mol. The van der Waals surface area contributed by atoms with Crippen molar-refractivity contribution < 1.29 is 9.90 Å². The summed E-state index contributed by atoms with van der Waals surface area (Å²) in [6.45, 7) is 1.72. The Balaban J connectivity index is 1.69. The van der Waals surface area contributed by atoms with E-state index in [2.05, 4.69) is 65.6 Å². The van der Waals surface area contributed by atoms with Gasteiger partial charge < -0.3 is 5.11 Å². The number of nitrogens with zero attached hydrogens (tertiary/aromatic N) is 1. The normalized spacial score (nSPS) is 28.9. The fourth-order valence-corrected chi connectivity index (χ4v) is 4.65. The average molecular weight is 321 g/mol. The molecule has 3 saturated heterocycles. The Bertz CT molecular complexity index is 661. The first-order valence-corrected chi connectivity index (χ1v) is 8.81. The second-order valence-electron chi connectivity index (χ2n) is 7.09. The van der Waals surface area contributed by atoms with E-state index in [-0.39, 0.29) is 5.92 Å². The van der Waals surface area contributed by atoms with Crippen LogP contribution in [0.5, 0.6) is 0 Å². The quantitative estimate of drug-likeness (QED) is 0.935. The Morgan fingerprint density at radius 1 is 1.00 bits per heavy atom. The maximum atomic E-state index is 11.5. The largest absolute Gasteiger partial charge is 0.481 e. The van der Waals surface area contributed by atoms with Crippen molar-refractivity contribution in [3.63, 3.8) is 0 Å². The van der Waals surface area contributed by atoms with Crippen LogP contribution in [0.2, 0.25) is 0 Å². The van der Waals surface area contributed by atoms with Gasteiger partial charge in [-0.05, 0) is 36.4 Å². The van der Waals surface area contributed by atoms with Crippen LogP contribution in [0.25, 0.3) is 0 Å². The molecule has 2 aromatic carbocycles. The third kappa shape index (κ3) is 2.73. The fraction of sp³-hybridized carbons (Fsp3) is 0.381. The standard InChI is InChI=1S/C21H23NO2/c23-21(24)18-14-22-12-11-17(18)13-19(22)20(15-7-3-1-4-8-15)16-9-5-2-6-10-16/h1-10,17-20H,11-14H2,(H,23,24). The van der Waals surface area contributed by atoms with Crippen LogP contribution >= 0.6 is 0 Å². The molecule has 3 heterocycles. The summed E-state index contributed by atoms with van der Waals surface area (Å²) >= 11 is 0. The molecule has 3 nitrogen and oxygen atoms in total. The summed E-state index contributed by atoms with van der Waals surface area (Å²) in [7, 11) is 0. The lowest BCUT2D eigenvalue weighted by Gasteiger charge is -2.51. The first-order chi connectivity index (χ1) is 11.7. The van der Waals surface area contributed by atoms with Gasteiger partial charge in [-0.15, -0.1) is 0 Å². The minimum absolute atomic E-state index is 0.192. The molecule has 1 N–H and O–H groups in total. The van der Waals surface area contributed by atoms with Gasteiger partial charge in [0.2, 0.25) is 0 Å². The maximum Gasteiger partial charge on any atom is 0.308 e. The molecule has 0 spiro atoms. The van der Waals surface area contributed by atoms with Crippen molar-refractivity contribution in [2.24, 2.45) is 11.8 Å². The van der Waals surface area contributed by atoms with E-state index < -0.39 is 5.97 Å². The molecule has 124 valence electrons. The third-order valence-electron chi connectivity index (χ3n) is 5.82. The lowest BCUT2D eigenvalue weighted by Crippen LogP contribution is -2.57. The van der Waals surface area contributed by atoms with Crippen molar-refractivity contribution in [1.82, 2.24) is 4.90 Å². The van der Waals surface area contributed by atoms with E-state index >= 15 is 0 Å². The van der Waals surface area contributed by atoms with Gasteiger partial charge in [-0.1, -0.05) is 60.7 Å². The van der Waals surface area contributed by atoms with Gasteiger partial charge in [-0.3, -0.25) is 9.69 Å². The zero-order chi connectivity index (χ0) is 16.5. The highest BCUT2D eigenvalue weighted by molar-refractivity contribution is 5.71. The van der Waals surface area contributed by atoms with Crippen LogP contribution < -0.4 is 0 Å². The number of aliphatic carboxylic acids is 1. The SMILES string of the molecule is O=C(O)C1CN2CCC1CC2C(c1ccccc1)c1ccccc1. The van der Waals surface area contributed by atoms with Crippen LogP contribution in [0.4, 0.5) is 0 Å². The smallest absolute Gasteiger partial charge is 0.308 e. The first-order valence-electron chi connectivity index (χ1n) is 8.81. The highest BCUT2D eigenvalue weighted by Crippen LogP contribution is 2.43. The number of carbonyl (C=O) groups is 1. The second-order valence-corrected chi connectivity index (χ2v) is 7.09. The number of fused-ring (bicyclic) bond motifs is 3. The molecule has 2 aromatic rings. The highest BCUT2D eigenvalue weighted by Gasteiger charge is 2.46. The minimum atomic E-state index is -0.626. The van der Waals surface area contributed by atoms with Crippen LogP contribution in [0.3, 0.4) is 0 Å². The van der Waals surface area contributed by atoms with E-state index in [9.17, 15) is 9.90 Å². The van der Waals surface area contributed by atoms with Gasteiger partial charge in [0.15, 0.2) is 0 Å². The van der Waals surface area contributed by atoms with Crippen molar-refractivity contribution in [3.05, 3.63) is 71.8 Å². The summed E-state index contributed by atoms with van der Waals surface area (Å²) in [5, 5.41) is 9.49. The molecule has 2 bridgehead atoms. The van der Waals surface area contributed by atoms with Crippen LogP contribution in [-0.2, 0) is 4.79 Å². The van der Waals surface area contributed by atoms with Crippen LogP contribution in [0.15, 0.2) is 60.7 Å². The molecule has 0 saturated carbocycles. The molecular formula is C21H23NO2. The van der Waals surface area contributed by atoms with E-state index in [0.717, 1.165) is 19.4 Å². The van der Waals surface area contributed by atoms with Crippen LogP contribution in [-0.4, -0.2) is 35.1 Å². The predicted molar refractivity (Wildman–Crippen MR) is 93.9 cm³/mol. The molecule has 5 rings (SSSR count). The monoisotopic (exact) mass is 321 g/mol. The number of piperidine rings is 3. The summed E-state index contributed by atoms with van der Waals surface area (Å²) < 4.78 is 0. The number of carboxylic acid groups (broad SMARTS) is 1. The zero-order valence-corrected chi connectivity index (χ0v) is 13.7. The Morgan fingerprint density at radius 2 is 1.58 bits per heavy atom.